The Hall–Kier alpha value is -3.68. The Morgan fingerprint density at radius 2 is 1.54 bits per heavy atom. The summed E-state index contributed by atoms with van der Waals surface area (Å²) in [6.07, 6.45) is 3.01. The van der Waals surface area contributed by atoms with E-state index in [-0.39, 0.29) is 23.5 Å². The van der Waals surface area contributed by atoms with Crippen LogP contribution in [0.5, 0.6) is 0 Å². The fourth-order valence-electron chi connectivity index (χ4n) is 4.98. The maximum absolute atomic E-state index is 13.8. The number of aliphatic hydroxyl groups is 2. The molecule has 1 amide bonds. The number of halogens is 1. The van der Waals surface area contributed by atoms with Crippen LogP contribution in [-0.4, -0.2) is 81.1 Å². The first kappa shape index (κ1) is 28.8. The van der Waals surface area contributed by atoms with Crippen molar-refractivity contribution in [1.29, 1.82) is 0 Å². The van der Waals surface area contributed by atoms with Gasteiger partial charge < -0.3 is 20.3 Å². The van der Waals surface area contributed by atoms with Gasteiger partial charge >= 0.3 is 0 Å². The molecular formula is C28H28ClN5O6S. The molecule has 2 aromatic carbocycles. The van der Waals surface area contributed by atoms with Gasteiger partial charge in [-0.2, -0.15) is 9.04 Å². The predicted molar refractivity (Wildman–Crippen MR) is 151 cm³/mol. The summed E-state index contributed by atoms with van der Waals surface area (Å²) in [7, 11) is -4.06. The van der Waals surface area contributed by atoms with Crippen molar-refractivity contribution in [3.05, 3.63) is 89.1 Å². The average Bonchev–Trinajstić information content (AvgIpc) is 2.96. The maximum atomic E-state index is 13.8. The van der Waals surface area contributed by atoms with E-state index in [2.05, 4.69) is 9.97 Å². The van der Waals surface area contributed by atoms with Crippen molar-refractivity contribution in [2.24, 2.45) is 0 Å². The number of nitrogens with zero attached hydrogens (tertiary/aromatic N) is 5. The lowest BCUT2D eigenvalue weighted by atomic mass is 9.99. The fourth-order valence-corrected chi connectivity index (χ4v) is 6.68. The van der Waals surface area contributed by atoms with E-state index >= 15 is 0 Å². The molecular weight excluding hydrogens is 570 g/mol. The number of fused-ring (bicyclic) bond motifs is 1. The van der Waals surface area contributed by atoms with Crippen LogP contribution in [0.15, 0.2) is 78.2 Å². The second-order valence-electron chi connectivity index (χ2n) is 10.0. The Bertz CT molecular complexity index is 1670. The Morgan fingerprint density at radius 1 is 0.976 bits per heavy atom. The molecule has 214 valence electrons. The molecule has 0 saturated carbocycles. The number of rotatable bonds is 6. The monoisotopic (exact) mass is 597 g/mol. The molecule has 1 aliphatic rings. The highest BCUT2D eigenvalue weighted by Gasteiger charge is 2.45. The standard InChI is InChI=1S/C28H28ClN5O6S/c1-17(35)25-15-33(41(39,40)24-6-4-20-11-23(29)5-3-21(20)12-24)16-26(18(2)36)34(25)28(37)22-13-30-27(31-14-22)19-7-9-32(38)10-8-19/h3-14,17-18,25-26,35-36H,15-16H2,1-2H3. The number of sulfonamides is 1. The lowest BCUT2D eigenvalue weighted by Crippen LogP contribution is -2.66. The lowest BCUT2D eigenvalue weighted by molar-refractivity contribution is -0.605. The van der Waals surface area contributed by atoms with Gasteiger partial charge in [-0.1, -0.05) is 23.7 Å². The number of aliphatic hydroxyl groups excluding tert-OH is 2. The first-order chi connectivity index (χ1) is 19.5. The van der Waals surface area contributed by atoms with Crippen LogP contribution in [0.2, 0.25) is 5.02 Å². The van der Waals surface area contributed by atoms with E-state index in [9.17, 15) is 28.6 Å². The first-order valence-corrected chi connectivity index (χ1v) is 14.7. The highest BCUT2D eigenvalue weighted by atomic mass is 35.5. The van der Waals surface area contributed by atoms with Gasteiger partial charge in [0.05, 0.1) is 34.8 Å². The van der Waals surface area contributed by atoms with Crippen molar-refractivity contribution in [2.45, 2.75) is 43.0 Å². The van der Waals surface area contributed by atoms with Gasteiger partial charge in [-0.3, -0.25) is 4.79 Å². The summed E-state index contributed by atoms with van der Waals surface area (Å²) in [5.74, 6) is -0.256. The molecule has 4 atom stereocenters. The van der Waals surface area contributed by atoms with Crippen LogP contribution in [0.4, 0.5) is 0 Å². The molecule has 0 aliphatic carbocycles. The third-order valence-corrected chi connectivity index (χ3v) is 9.28. The van der Waals surface area contributed by atoms with E-state index < -0.39 is 40.2 Å². The summed E-state index contributed by atoms with van der Waals surface area (Å²) >= 11 is 6.06. The smallest absolute Gasteiger partial charge is 0.257 e. The van der Waals surface area contributed by atoms with E-state index in [1.807, 2.05) is 0 Å². The number of amides is 1. The molecule has 4 unspecified atom stereocenters. The summed E-state index contributed by atoms with van der Waals surface area (Å²) in [5, 5.41) is 34.7. The van der Waals surface area contributed by atoms with E-state index in [0.717, 1.165) is 5.39 Å². The van der Waals surface area contributed by atoms with Crippen LogP contribution in [0, 0.1) is 5.21 Å². The SMILES string of the molecule is CC(O)C1CN(S(=O)(=O)c2ccc3cc(Cl)ccc3c2)CC(C(C)O)N1C(=O)c1cnc(-c2cc[n+]([O-])cc2)nc1. The van der Waals surface area contributed by atoms with Gasteiger partial charge in [-0.25, -0.2) is 18.4 Å². The van der Waals surface area contributed by atoms with Crippen LogP contribution in [-0.2, 0) is 10.0 Å². The molecule has 0 radical (unpaired) electrons. The third kappa shape index (κ3) is 5.74. The summed E-state index contributed by atoms with van der Waals surface area (Å²) in [6.45, 7) is 2.56. The molecule has 5 rings (SSSR count). The normalized spacial score (nSPS) is 19.7. The van der Waals surface area contributed by atoms with E-state index in [0.29, 0.717) is 26.5 Å². The summed E-state index contributed by atoms with van der Waals surface area (Å²) in [6, 6.07) is 11.0. The van der Waals surface area contributed by atoms with Crippen LogP contribution in [0.3, 0.4) is 0 Å². The van der Waals surface area contributed by atoms with Crippen molar-refractivity contribution in [1.82, 2.24) is 19.2 Å². The van der Waals surface area contributed by atoms with Crippen molar-refractivity contribution >= 4 is 38.3 Å². The van der Waals surface area contributed by atoms with Gasteiger partial charge in [0.1, 0.15) is 0 Å². The highest BCUT2D eigenvalue weighted by Crippen LogP contribution is 2.30. The van der Waals surface area contributed by atoms with Crippen LogP contribution in [0.25, 0.3) is 22.2 Å². The van der Waals surface area contributed by atoms with Gasteiger partial charge in [-0.05, 0) is 48.9 Å². The molecule has 11 nitrogen and oxygen atoms in total. The van der Waals surface area contributed by atoms with Gasteiger partial charge in [0.2, 0.25) is 10.0 Å². The quantitative estimate of drug-likeness (QED) is 0.254. The van der Waals surface area contributed by atoms with E-state index in [4.69, 9.17) is 11.6 Å². The Labute approximate surface area is 241 Å². The minimum Gasteiger partial charge on any atom is -0.619 e. The summed E-state index contributed by atoms with van der Waals surface area (Å²) < 4.78 is 29.4. The van der Waals surface area contributed by atoms with Gasteiger partial charge in [0, 0.05) is 48.2 Å². The molecule has 13 heteroatoms. The molecule has 1 fully saturated rings. The molecule has 3 heterocycles. The zero-order chi connectivity index (χ0) is 29.5. The van der Waals surface area contributed by atoms with Gasteiger partial charge in [-0.15, -0.1) is 0 Å². The molecule has 0 spiro atoms. The molecule has 0 bridgehead atoms. The molecule has 2 N–H and O–H groups in total. The second-order valence-corrected chi connectivity index (χ2v) is 12.4. The molecule has 2 aromatic heterocycles. The van der Waals surface area contributed by atoms with Crippen molar-refractivity contribution in [3.63, 3.8) is 0 Å². The van der Waals surface area contributed by atoms with Crippen molar-refractivity contribution in [3.8, 4) is 11.4 Å². The Balaban J connectivity index is 1.45. The molecule has 41 heavy (non-hydrogen) atoms. The number of carbonyl (C=O) groups excluding carboxylic acids is 1. The zero-order valence-corrected chi connectivity index (χ0v) is 23.8. The van der Waals surface area contributed by atoms with E-state index in [1.165, 1.54) is 53.9 Å². The number of piperazine rings is 1. The van der Waals surface area contributed by atoms with Crippen LogP contribution >= 0.6 is 11.6 Å². The largest absolute Gasteiger partial charge is 0.619 e. The second kappa shape index (κ2) is 11.3. The number of benzene rings is 2. The number of carbonyl (C=O) groups is 1. The van der Waals surface area contributed by atoms with Crippen molar-refractivity contribution < 1.29 is 28.2 Å². The fraction of sp³-hybridized carbons (Fsp3) is 0.286. The number of hydrogen-bond acceptors (Lipinski definition) is 8. The number of aromatic nitrogens is 3. The van der Waals surface area contributed by atoms with E-state index in [1.54, 1.807) is 42.5 Å². The molecule has 1 aliphatic heterocycles. The van der Waals surface area contributed by atoms with Gasteiger partial charge in [0.15, 0.2) is 18.2 Å². The lowest BCUT2D eigenvalue weighted by Gasteiger charge is -2.48. The predicted octanol–water partition coefficient (Wildman–Crippen LogP) is 2.23. The zero-order valence-electron chi connectivity index (χ0n) is 22.2. The Morgan fingerprint density at radius 3 is 2.12 bits per heavy atom. The van der Waals surface area contributed by atoms with Crippen molar-refractivity contribution in [2.75, 3.05) is 13.1 Å². The Kier molecular flexibility index (Phi) is 7.95. The summed E-state index contributed by atoms with van der Waals surface area (Å²) in [5.41, 5.74) is 0.680. The van der Waals surface area contributed by atoms with Crippen LogP contribution in [0.1, 0.15) is 24.2 Å². The molecule has 1 saturated heterocycles. The number of pyridine rings is 1. The highest BCUT2D eigenvalue weighted by molar-refractivity contribution is 7.89. The minimum atomic E-state index is -4.06. The molecule has 4 aromatic rings. The van der Waals surface area contributed by atoms with Crippen LogP contribution < -0.4 is 4.73 Å². The topological polar surface area (TPSA) is 151 Å². The first-order valence-electron chi connectivity index (χ1n) is 12.8. The minimum absolute atomic E-state index is 0.0492. The maximum Gasteiger partial charge on any atom is 0.257 e. The van der Waals surface area contributed by atoms with Gasteiger partial charge in [0.25, 0.3) is 5.91 Å². The number of hydrogen-bond donors (Lipinski definition) is 2. The third-order valence-electron chi connectivity index (χ3n) is 7.21. The average molecular weight is 598 g/mol. The summed E-state index contributed by atoms with van der Waals surface area (Å²) in [4.78, 5) is 23.6.